The van der Waals surface area contributed by atoms with Crippen molar-refractivity contribution in [1.29, 1.82) is 0 Å². The Hall–Kier alpha value is -3.80. The third-order valence-corrected chi connectivity index (χ3v) is 4.61. The molecule has 2 N–H and O–H groups in total. The van der Waals surface area contributed by atoms with E-state index in [0.29, 0.717) is 18.5 Å². The first-order valence-corrected chi connectivity index (χ1v) is 9.23. The average Bonchev–Trinajstić information content (AvgIpc) is 3.16. The van der Waals surface area contributed by atoms with Gasteiger partial charge in [0.05, 0.1) is 16.6 Å². The number of nitrogens with one attached hydrogen (secondary N) is 2. The van der Waals surface area contributed by atoms with Crippen molar-refractivity contribution >= 4 is 22.7 Å². The van der Waals surface area contributed by atoms with Crippen LogP contribution in [-0.2, 0) is 6.42 Å². The van der Waals surface area contributed by atoms with E-state index < -0.39 is 5.82 Å². The summed E-state index contributed by atoms with van der Waals surface area (Å²) in [5, 5.41) is 2.84. The fourth-order valence-corrected chi connectivity index (χ4v) is 3.15. The van der Waals surface area contributed by atoms with Gasteiger partial charge in [0, 0.05) is 24.1 Å². The third kappa shape index (κ3) is 4.06. The predicted octanol–water partition coefficient (Wildman–Crippen LogP) is 3.91. The van der Waals surface area contributed by atoms with Crippen molar-refractivity contribution in [2.75, 3.05) is 6.54 Å². The summed E-state index contributed by atoms with van der Waals surface area (Å²) in [5.74, 6) is -0.305. The number of nitrogens with zero attached hydrogens (tertiary/aromatic N) is 1. The number of fused-ring (bicyclic) bond motifs is 1. The molecule has 0 bridgehead atoms. The van der Waals surface area contributed by atoms with Crippen LogP contribution in [0.2, 0.25) is 0 Å². The summed E-state index contributed by atoms with van der Waals surface area (Å²) in [7, 11) is 0. The smallest absolute Gasteiger partial charge is 0.252 e. The zero-order chi connectivity index (χ0) is 20.2. The molecule has 0 saturated carbocycles. The van der Waals surface area contributed by atoms with Crippen LogP contribution in [0.1, 0.15) is 32.1 Å². The van der Waals surface area contributed by atoms with Crippen molar-refractivity contribution in [2.24, 2.45) is 0 Å². The molecule has 0 unspecified atom stereocenters. The molecule has 1 heterocycles. The minimum absolute atomic E-state index is 0.278. The zero-order valence-electron chi connectivity index (χ0n) is 15.5. The Kier molecular flexibility index (Phi) is 5.16. The van der Waals surface area contributed by atoms with Gasteiger partial charge in [-0.05, 0) is 42.5 Å². The van der Waals surface area contributed by atoms with Gasteiger partial charge in [0.25, 0.3) is 5.91 Å². The number of H-pyrrole nitrogens is 1. The van der Waals surface area contributed by atoms with Crippen LogP contribution in [-0.4, -0.2) is 28.2 Å². The van der Waals surface area contributed by atoms with Gasteiger partial charge < -0.3 is 10.3 Å². The van der Waals surface area contributed by atoms with E-state index >= 15 is 0 Å². The number of aromatic amines is 1. The Balaban J connectivity index is 1.46. The van der Waals surface area contributed by atoms with Gasteiger partial charge in [-0.25, -0.2) is 9.37 Å². The van der Waals surface area contributed by atoms with Gasteiger partial charge >= 0.3 is 0 Å². The van der Waals surface area contributed by atoms with Crippen LogP contribution >= 0.6 is 0 Å². The average molecular weight is 387 g/mol. The summed E-state index contributed by atoms with van der Waals surface area (Å²) in [6, 6.07) is 19.6. The molecule has 5 nitrogen and oxygen atoms in total. The molecule has 1 amide bonds. The number of aromatic nitrogens is 2. The number of carbonyl (C=O) groups excluding carboxylic acids is 2. The second-order valence-corrected chi connectivity index (χ2v) is 6.59. The highest BCUT2D eigenvalue weighted by Crippen LogP contribution is 2.16. The highest BCUT2D eigenvalue weighted by Gasteiger charge is 2.18. The fraction of sp³-hybridized carbons (Fsp3) is 0.0870. The standard InChI is InChI=1S/C23H18FN3O2/c24-16-11-9-15(10-12-16)22(28)17-5-1-2-6-18(17)23(29)25-14-13-21-26-19-7-3-4-8-20(19)27-21/h1-12H,13-14H2,(H,25,29)(H,26,27). The Bertz CT molecular complexity index is 1150. The lowest BCUT2D eigenvalue weighted by Crippen LogP contribution is -2.27. The first-order chi connectivity index (χ1) is 14.1. The summed E-state index contributed by atoms with van der Waals surface area (Å²) in [4.78, 5) is 33.1. The van der Waals surface area contributed by atoms with E-state index in [4.69, 9.17) is 0 Å². The minimum atomic E-state index is -0.418. The number of carbonyl (C=O) groups is 2. The normalized spacial score (nSPS) is 10.8. The van der Waals surface area contributed by atoms with Crippen molar-refractivity contribution in [3.05, 3.63) is 101 Å². The molecule has 0 aliphatic heterocycles. The molecule has 1 aromatic heterocycles. The number of hydrogen-bond acceptors (Lipinski definition) is 3. The van der Waals surface area contributed by atoms with E-state index in [1.54, 1.807) is 24.3 Å². The van der Waals surface area contributed by atoms with Crippen LogP contribution in [0.3, 0.4) is 0 Å². The first kappa shape index (κ1) is 18.6. The number of rotatable bonds is 6. The van der Waals surface area contributed by atoms with Gasteiger partial charge in [0.15, 0.2) is 5.78 Å². The van der Waals surface area contributed by atoms with Crippen molar-refractivity contribution in [3.8, 4) is 0 Å². The maximum atomic E-state index is 13.1. The van der Waals surface area contributed by atoms with Crippen molar-refractivity contribution < 1.29 is 14.0 Å². The Morgan fingerprint density at radius 1 is 0.897 bits per heavy atom. The Labute approximate surface area is 166 Å². The summed E-state index contributed by atoms with van der Waals surface area (Å²) in [6.07, 6.45) is 0.536. The molecule has 6 heteroatoms. The Morgan fingerprint density at radius 2 is 1.59 bits per heavy atom. The number of ketones is 1. The number of amides is 1. The summed E-state index contributed by atoms with van der Waals surface area (Å²) < 4.78 is 13.1. The van der Waals surface area contributed by atoms with Gasteiger partial charge in [0.1, 0.15) is 11.6 Å². The molecule has 0 spiro atoms. The van der Waals surface area contributed by atoms with Gasteiger partial charge in [-0.15, -0.1) is 0 Å². The fourth-order valence-electron chi connectivity index (χ4n) is 3.15. The van der Waals surface area contributed by atoms with Crippen LogP contribution in [0, 0.1) is 5.82 Å². The molecule has 0 radical (unpaired) electrons. The van der Waals surface area contributed by atoms with E-state index in [9.17, 15) is 14.0 Å². The predicted molar refractivity (Wildman–Crippen MR) is 108 cm³/mol. The lowest BCUT2D eigenvalue weighted by molar-refractivity contribution is 0.0942. The molecule has 3 aromatic carbocycles. The van der Waals surface area contributed by atoms with E-state index in [1.165, 1.54) is 24.3 Å². The molecule has 4 rings (SSSR count). The maximum Gasteiger partial charge on any atom is 0.252 e. The quantitative estimate of drug-likeness (QED) is 0.493. The first-order valence-electron chi connectivity index (χ1n) is 9.23. The summed E-state index contributed by atoms with van der Waals surface area (Å²) in [6.45, 7) is 0.373. The van der Waals surface area contributed by atoms with Crippen LogP contribution in [0.5, 0.6) is 0 Å². The van der Waals surface area contributed by atoms with Crippen molar-refractivity contribution in [1.82, 2.24) is 15.3 Å². The SMILES string of the molecule is O=C(NCCc1nc2ccccc2[nH]1)c1ccccc1C(=O)c1ccc(F)cc1. The second kappa shape index (κ2) is 8.06. The van der Waals surface area contributed by atoms with Crippen molar-refractivity contribution in [2.45, 2.75) is 6.42 Å². The molecular weight excluding hydrogens is 369 g/mol. The van der Waals surface area contributed by atoms with Gasteiger partial charge in [-0.3, -0.25) is 9.59 Å². The van der Waals surface area contributed by atoms with Gasteiger partial charge in [-0.2, -0.15) is 0 Å². The topological polar surface area (TPSA) is 74.8 Å². The molecule has 0 fully saturated rings. The highest BCUT2D eigenvalue weighted by molar-refractivity contribution is 6.15. The van der Waals surface area contributed by atoms with Crippen LogP contribution in [0.25, 0.3) is 11.0 Å². The van der Waals surface area contributed by atoms with Gasteiger partial charge in [0.2, 0.25) is 0 Å². The maximum absolute atomic E-state index is 13.1. The van der Waals surface area contributed by atoms with E-state index in [1.807, 2.05) is 24.3 Å². The lowest BCUT2D eigenvalue weighted by atomic mass is 9.98. The number of para-hydroxylation sites is 2. The number of imidazole rings is 1. The van der Waals surface area contributed by atoms with E-state index in [2.05, 4.69) is 15.3 Å². The van der Waals surface area contributed by atoms with Crippen molar-refractivity contribution in [3.63, 3.8) is 0 Å². The number of hydrogen-bond donors (Lipinski definition) is 2. The molecule has 0 aliphatic rings. The summed E-state index contributed by atoms with van der Waals surface area (Å²) in [5.41, 5.74) is 2.72. The van der Waals surface area contributed by atoms with Crippen LogP contribution in [0.15, 0.2) is 72.8 Å². The summed E-state index contributed by atoms with van der Waals surface area (Å²) >= 11 is 0. The molecular formula is C23H18FN3O2. The third-order valence-electron chi connectivity index (χ3n) is 4.61. The van der Waals surface area contributed by atoms with E-state index in [-0.39, 0.29) is 22.8 Å². The highest BCUT2D eigenvalue weighted by atomic mass is 19.1. The van der Waals surface area contributed by atoms with Crippen LogP contribution < -0.4 is 5.32 Å². The molecule has 4 aromatic rings. The lowest BCUT2D eigenvalue weighted by Gasteiger charge is -2.09. The number of benzene rings is 3. The minimum Gasteiger partial charge on any atom is -0.352 e. The zero-order valence-corrected chi connectivity index (χ0v) is 15.5. The monoisotopic (exact) mass is 387 g/mol. The molecule has 0 saturated heterocycles. The Morgan fingerprint density at radius 3 is 2.34 bits per heavy atom. The van der Waals surface area contributed by atoms with Gasteiger partial charge in [-0.1, -0.05) is 30.3 Å². The molecule has 144 valence electrons. The molecule has 29 heavy (non-hydrogen) atoms. The van der Waals surface area contributed by atoms with E-state index in [0.717, 1.165) is 16.9 Å². The molecule has 0 atom stereocenters. The second-order valence-electron chi connectivity index (χ2n) is 6.59. The largest absolute Gasteiger partial charge is 0.352 e. The molecule has 0 aliphatic carbocycles. The number of halogens is 1. The van der Waals surface area contributed by atoms with Crippen LogP contribution in [0.4, 0.5) is 4.39 Å².